The number of aliphatic hydroxyl groups is 1. The van der Waals surface area contributed by atoms with E-state index in [0.717, 1.165) is 25.9 Å². The van der Waals surface area contributed by atoms with Crippen molar-refractivity contribution in [1.82, 2.24) is 9.97 Å². The molecule has 3 N–H and O–H groups in total. The minimum Gasteiger partial charge on any atom is -0.395 e. The van der Waals surface area contributed by atoms with E-state index in [0.29, 0.717) is 40.9 Å². The molecule has 39 heavy (non-hydrogen) atoms. The van der Waals surface area contributed by atoms with E-state index in [-0.39, 0.29) is 11.8 Å². The van der Waals surface area contributed by atoms with Crippen molar-refractivity contribution >= 4 is 39.1 Å². The Labute approximate surface area is 225 Å². The molecule has 2 aromatic rings. The van der Waals surface area contributed by atoms with Crippen LogP contribution in [-0.4, -0.2) is 72.9 Å². The van der Waals surface area contributed by atoms with Crippen LogP contribution in [0.3, 0.4) is 0 Å². The first-order valence-corrected chi connectivity index (χ1v) is 14.7. The van der Waals surface area contributed by atoms with Crippen LogP contribution in [0.25, 0.3) is 0 Å². The van der Waals surface area contributed by atoms with Crippen molar-refractivity contribution in [1.29, 1.82) is 0 Å². The monoisotopic (exact) mass is 562 g/mol. The first-order valence-electron chi connectivity index (χ1n) is 13.2. The van der Waals surface area contributed by atoms with Crippen LogP contribution < -0.4 is 19.8 Å². The number of carbonyl (C=O) groups is 1. The van der Waals surface area contributed by atoms with Gasteiger partial charge in [0, 0.05) is 24.8 Å². The van der Waals surface area contributed by atoms with Gasteiger partial charge in [-0.3, -0.25) is 9.52 Å². The van der Waals surface area contributed by atoms with Gasteiger partial charge in [0.15, 0.2) is 0 Å². The molecule has 1 aromatic carbocycles. The number of carbonyl (C=O) groups excluding carboxylic acids is 1. The molecular formula is C26H32F2N6O4S. The Morgan fingerprint density at radius 3 is 2.31 bits per heavy atom. The average molecular weight is 563 g/mol. The first kappa shape index (κ1) is 26.2. The van der Waals surface area contributed by atoms with Crippen LogP contribution in [0.2, 0.25) is 0 Å². The molecule has 2 aliphatic heterocycles. The number of alkyl halides is 2. The summed E-state index contributed by atoms with van der Waals surface area (Å²) in [6, 6.07) is 6.36. The highest BCUT2D eigenvalue weighted by Gasteiger charge is 2.54. The highest BCUT2D eigenvalue weighted by molar-refractivity contribution is 7.94. The van der Waals surface area contributed by atoms with Crippen molar-refractivity contribution in [2.75, 3.05) is 52.6 Å². The molecule has 0 bridgehead atoms. The van der Waals surface area contributed by atoms with Crippen LogP contribution in [0, 0.1) is 12.3 Å². The fraction of sp³-hybridized carbons (Fsp3) is 0.577. The molecule has 1 spiro atoms. The molecule has 13 heteroatoms. The molecule has 4 fully saturated rings. The number of rotatable bonds is 8. The summed E-state index contributed by atoms with van der Waals surface area (Å²) in [7, 11) is -3.81. The van der Waals surface area contributed by atoms with Gasteiger partial charge in [0.2, 0.25) is 16.0 Å². The molecule has 6 rings (SSSR count). The third kappa shape index (κ3) is 5.02. The number of hydrogen-bond donors (Lipinski definition) is 3. The standard InChI is InChI=1S/C26H32F2N6O4S/c1-17-12-21(31-23(29-17)34-14-26(27,28)15-34)30-22(36)19-3-2-18(32-39(37,38)25(16-35)6-7-25)13-20(19)33-10-8-24(4-5-24)9-11-33/h2-3,12-13,32,35H,4-11,14-16H2,1H3,(H,29,30,31,36). The molecule has 2 aliphatic carbocycles. The van der Waals surface area contributed by atoms with Gasteiger partial charge in [0.25, 0.3) is 11.8 Å². The van der Waals surface area contributed by atoms with Gasteiger partial charge in [-0.05, 0) is 69.1 Å². The molecule has 10 nitrogen and oxygen atoms in total. The molecule has 3 heterocycles. The van der Waals surface area contributed by atoms with Crippen LogP contribution in [0.1, 0.15) is 54.6 Å². The minimum atomic E-state index is -3.81. The Balaban J connectivity index is 1.26. The number of aliphatic hydroxyl groups excluding tert-OH is 1. The first-order chi connectivity index (χ1) is 18.4. The maximum absolute atomic E-state index is 13.5. The van der Waals surface area contributed by atoms with E-state index in [1.165, 1.54) is 23.8 Å². The maximum Gasteiger partial charge on any atom is 0.282 e. The maximum atomic E-state index is 13.5. The third-order valence-electron chi connectivity index (χ3n) is 8.49. The highest BCUT2D eigenvalue weighted by atomic mass is 32.2. The predicted octanol–water partition coefficient (Wildman–Crippen LogP) is 3.14. The van der Waals surface area contributed by atoms with Crippen LogP contribution in [-0.2, 0) is 10.0 Å². The van der Waals surface area contributed by atoms with Crippen LogP contribution >= 0.6 is 0 Å². The molecule has 0 radical (unpaired) electrons. The molecule has 0 unspecified atom stereocenters. The third-order valence-corrected chi connectivity index (χ3v) is 10.7. The van der Waals surface area contributed by atoms with E-state index < -0.39 is 46.3 Å². The lowest BCUT2D eigenvalue weighted by Gasteiger charge is -2.38. The number of piperidine rings is 1. The predicted molar refractivity (Wildman–Crippen MR) is 143 cm³/mol. The molecule has 210 valence electrons. The number of amides is 1. The van der Waals surface area contributed by atoms with Gasteiger partial charge in [-0.2, -0.15) is 4.98 Å². The summed E-state index contributed by atoms with van der Waals surface area (Å²) in [5, 5.41) is 12.4. The number of halogens is 2. The van der Waals surface area contributed by atoms with Gasteiger partial charge in [-0.25, -0.2) is 22.2 Å². The fourth-order valence-electron chi connectivity index (χ4n) is 5.46. The Kier molecular flexibility index (Phi) is 6.03. The number of aromatic nitrogens is 2. The number of hydrogen-bond acceptors (Lipinski definition) is 8. The smallest absolute Gasteiger partial charge is 0.282 e. The molecule has 1 aromatic heterocycles. The lowest BCUT2D eigenvalue weighted by Crippen LogP contribution is -2.57. The molecule has 2 saturated carbocycles. The lowest BCUT2D eigenvalue weighted by atomic mass is 9.93. The minimum absolute atomic E-state index is 0.129. The molecule has 4 aliphatic rings. The van der Waals surface area contributed by atoms with Crippen molar-refractivity contribution in [3.8, 4) is 0 Å². The highest BCUT2D eigenvalue weighted by Crippen LogP contribution is 2.54. The molecule has 2 saturated heterocycles. The fourth-order valence-corrected chi connectivity index (χ4v) is 6.92. The van der Waals surface area contributed by atoms with Gasteiger partial charge in [0.05, 0.1) is 36.6 Å². The van der Waals surface area contributed by atoms with Crippen LogP contribution in [0.15, 0.2) is 24.3 Å². The SMILES string of the molecule is Cc1cc(NC(=O)c2ccc(NS(=O)(=O)C3(CO)CC3)cc2N2CCC3(CC2)CC3)nc(N2CC(F)(F)C2)n1. The summed E-state index contributed by atoms with van der Waals surface area (Å²) in [5.41, 5.74) is 2.21. The summed E-state index contributed by atoms with van der Waals surface area (Å²) in [6.07, 6.45) is 5.25. The van der Waals surface area contributed by atoms with Crippen LogP contribution in [0.5, 0.6) is 0 Å². The van der Waals surface area contributed by atoms with Crippen molar-refractivity contribution in [2.45, 2.75) is 56.1 Å². The van der Waals surface area contributed by atoms with Crippen molar-refractivity contribution in [2.24, 2.45) is 5.41 Å². The second-order valence-corrected chi connectivity index (χ2v) is 13.6. The average Bonchev–Trinajstić information content (AvgIpc) is 3.79. The Hall–Kier alpha value is -3.06. The van der Waals surface area contributed by atoms with Crippen molar-refractivity contribution in [3.05, 3.63) is 35.5 Å². The molecule has 1 amide bonds. The lowest BCUT2D eigenvalue weighted by molar-refractivity contribution is -0.0271. The normalized spacial score (nSPS) is 22.3. The van der Waals surface area contributed by atoms with Crippen molar-refractivity contribution in [3.63, 3.8) is 0 Å². The van der Waals surface area contributed by atoms with Crippen LogP contribution in [0.4, 0.5) is 31.9 Å². The zero-order valence-electron chi connectivity index (χ0n) is 21.7. The van der Waals surface area contributed by atoms with Gasteiger partial charge in [-0.1, -0.05) is 0 Å². The number of aryl methyl sites for hydroxylation is 1. The number of anilines is 4. The van der Waals surface area contributed by atoms with E-state index in [1.54, 1.807) is 25.1 Å². The second-order valence-electron chi connectivity index (χ2n) is 11.5. The number of benzene rings is 1. The van der Waals surface area contributed by atoms with Gasteiger partial charge >= 0.3 is 0 Å². The summed E-state index contributed by atoms with van der Waals surface area (Å²) >= 11 is 0. The van der Waals surface area contributed by atoms with Gasteiger partial charge < -0.3 is 20.2 Å². The summed E-state index contributed by atoms with van der Waals surface area (Å²) in [6.45, 7) is 1.80. The Bertz CT molecular complexity index is 1410. The number of nitrogens with zero attached hydrogens (tertiary/aromatic N) is 4. The zero-order chi connectivity index (χ0) is 27.6. The number of nitrogens with one attached hydrogen (secondary N) is 2. The summed E-state index contributed by atoms with van der Waals surface area (Å²) in [4.78, 5) is 25.5. The second kappa shape index (κ2) is 8.98. The Morgan fingerprint density at radius 1 is 1.03 bits per heavy atom. The molecule has 0 atom stereocenters. The summed E-state index contributed by atoms with van der Waals surface area (Å²) in [5.74, 6) is -2.90. The van der Waals surface area contributed by atoms with E-state index in [4.69, 9.17) is 0 Å². The van der Waals surface area contributed by atoms with E-state index in [2.05, 4.69) is 24.9 Å². The summed E-state index contributed by atoms with van der Waals surface area (Å²) < 4.78 is 54.0. The quantitative estimate of drug-likeness (QED) is 0.448. The number of sulfonamides is 1. The van der Waals surface area contributed by atoms with E-state index >= 15 is 0 Å². The zero-order valence-corrected chi connectivity index (χ0v) is 22.5. The van der Waals surface area contributed by atoms with Gasteiger partial charge in [0.1, 0.15) is 10.6 Å². The van der Waals surface area contributed by atoms with Gasteiger partial charge in [-0.15, -0.1) is 0 Å². The largest absolute Gasteiger partial charge is 0.395 e. The topological polar surface area (TPSA) is 128 Å². The van der Waals surface area contributed by atoms with E-state index in [1.807, 2.05) is 0 Å². The van der Waals surface area contributed by atoms with E-state index in [9.17, 15) is 27.1 Å². The Morgan fingerprint density at radius 2 is 1.72 bits per heavy atom. The molecular weight excluding hydrogens is 530 g/mol. The van der Waals surface area contributed by atoms with Crippen molar-refractivity contribution < 1.29 is 27.1 Å².